The molecule has 7 heteroatoms. The molecular formula is C21H33ClFN3O2. The van der Waals surface area contributed by atoms with Crippen molar-refractivity contribution >= 4 is 18.3 Å². The second-order valence-electron chi connectivity index (χ2n) is 7.65. The highest BCUT2D eigenvalue weighted by Gasteiger charge is 2.33. The van der Waals surface area contributed by atoms with E-state index < -0.39 is 0 Å². The van der Waals surface area contributed by atoms with Crippen molar-refractivity contribution in [3.63, 3.8) is 0 Å². The molecule has 0 aromatic heterocycles. The largest absolute Gasteiger partial charge is 0.378 e. The molecule has 1 amide bonds. The first-order chi connectivity index (χ1) is 13.2. The average Bonchev–Trinajstić information content (AvgIpc) is 2.70. The molecule has 2 aliphatic heterocycles. The van der Waals surface area contributed by atoms with Gasteiger partial charge in [0.25, 0.3) is 0 Å². The molecule has 2 fully saturated rings. The molecule has 2 aliphatic rings. The van der Waals surface area contributed by atoms with Gasteiger partial charge in [0.05, 0.1) is 12.1 Å². The van der Waals surface area contributed by atoms with Crippen molar-refractivity contribution in [3.8, 4) is 0 Å². The molecule has 0 saturated carbocycles. The second kappa shape index (κ2) is 11.7. The quantitative estimate of drug-likeness (QED) is 0.698. The van der Waals surface area contributed by atoms with Crippen LogP contribution in [-0.2, 0) is 16.1 Å². The van der Waals surface area contributed by atoms with Gasteiger partial charge < -0.3 is 15.4 Å². The molecule has 0 radical (unpaired) electrons. The fourth-order valence-corrected chi connectivity index (χ4v) is 4.07. The van der Waals surface area contributed by atoms with Crippen LogP contribution in [0.1, 0.15) is 44.1 Å². The fourth-order valence-electron chi connectivity index (χ4n) is 4.07. The van der Waals surface area contributed by atoms with E-state index in [0.29, 0.717) is 19.7 Å². The van der Waals surface area contributed by atoms with Crippen molar-refractivity contribution in [2.45, 2.75) is 57.2 Å². The molecule has 2 heterocycles. The van der Waals surface area contributed by atoms with Crippen LogP contribution >= 0.6 is 12.4 Å². The standard InChI is InChI=1S/C21H32FN3O2.ClH/c22-18-7-5-17(6-8-18)16-25-12-2-1-4-20(25)21(26)24-13-9-19(10-14-24)27-15-3-11-23;/h5-8,19-20H,1-4,9-16,23H2;1H. The van der Waals surface area contributed by atoms with Crippen molar-refractivity contribution in [3.05, 3.63) is 35.6 Å². The Morgan fingerprint density at radius 1 is 1.11 bits per heavy atom. The van der Waals surface area contributed by atoms with Gasteiger partial charge in [-0.05, 0) is 62.9 Å². The van der Waals surface area contributed by atoms with Gasteiger partial charge in [-0.3, -0.25) is 9.69 Å². The van der Waals surface area contributed by atoms with Gasteiger partial charge in [0, 0.05) is 26.2 Å². The first-order valence-electron chi connectivity index (χ1n) is 10.3. The predicted molar refractivity (Wildman–Crippen MR) is 111 cm³/mol. The zero-order chi connectivity index (χ0) is 19.1. The number of nitrogens with two attached hydrogens (primary N) is 1. The Balaban J connectivity index is 0.00000280. The van der Waals surface area contributed by atoms with Crippen LogP contribution in [0.5, 0.6) is 0 Å². The summed E-state index contributed by atoms with van der Waals surface area (Å²) >= 11 is 0. The normalized spacial score (nSPS) is 21.4. The summed E-state index contributed by atoms with van der Waals surface area (Å²) in [7, 11) is 0. The van der Waals surface area contributed by atoms with Gasteiger partial charge in [0.2, 0.25) is 5.91 Å². The lowest BCUT2D eigenvalue weighted by molar-refractivity contribution is -0.141. The third kappa shape index (κ3) is 6.41. The Bertz CT molecular complexity index is 594. The Kier molecular flexibility index (Phi) is 9.65. The van der Waals surface area contributed by atoms with Crippen LogP contribution in [0.2, 0.25) is 0 Å². The average molecular weight is 414 g/mol. The zero-order valence-corrected chi connectivity index (χ0v) is 17.3. The van der Waals surface area contributed by atoms with Gasteiger partial charge in [0.1, 0.15) is 5.82 Å². The maximum absolute atomic E-state index is 13.2. The Morgan fingerprint density at radius 2 is 1.82 bits per heavy atom. The van der Waals surface area contributed by atoms with E-state index in [2.05, 4.69) is 4.90 Å². The summed E-state index contributed by atoms with van der Waals surface area (Å²) in [6.45, 7) is 4.54. The highest BCUT2D eigenvalue weighted by molar-refractivity contribution is 5.85. The number of amides is 1. The van der Waals surface area contributed by atoms with Gasteiger partial charge in [0.15, 0.2) is 0 Å². The predicted octanol–water partition coefficient (Wildman–Crippen LogP) is 2.96. The maximum Gasteiger partial charge on any atom is 0.239 e. The molecule has 1 aromatic rings. The minimum absolute atomic E-state index is 0. The molecule has 2 N–H and O–H groups in total. The summed E-state index contributed by atoms with van der Waals surface area (Å²) in [4.78, 5) is 17.4. The molecule has 1 aromatic carbocycles. The highest BCUT2D eigenvalue weighted by atomic mass is 35.5. The number of carbonyl (C=O) groups is 1. The Morgan fingerprint density at radius 3 is 2.50 bits per heavy atom. The number of ether oxygens (including phenoxy) is 1. The number of benzene rings is 1. The third-order valence-electron chi connectivity index (χ3n) is 5.65. The van der Waals surface area contributed by atoms with E-state index in [9.17, 15) is 9.18 Å². The van der Waals surface area contributed by atoms with Crippen LogP contribution in [-0.4, -0.2) is 60.6 Å². The van der Waals surface area contributed by atoms with Crippen molar-refractivity contribution in [2.24, 2.45) is 5.73 Å². The lowest BCUT2D eigenvalue weighted by Gasteiger charge is -2.40. The SMILES string of the molecule is Cl.NCCCOC1CCN(C(=O)C2CCCCN2Cc2ccc(F)cc2)CC1. The number of rotatable bonds is 7. The molecule has 28 heavy (non-hydrogen) atoms. The minimum Gasteiger partial charge on any atom is -0.378 e. The summed E-state index contributed by atoms with van der Waals surface area (Å²) < 4.78 is 19.0. The second-order valence-corrected chi connectivity index (χ2v) is 7.65. The Labute approximate surface area is 173 Å². The number of carbonyl (C=O) groups excluding carboxylic acids is 1. The Hall–Kier alpha value is -1.21. The number of nitrogens with zero attached hydrogens (tertiary/aromatic N) is 2. The molecule has 0 bridgehead atoms. The van der Waals surface area contributed by atoms with Gasteiger partial charge in [-0.1, -0.05) is 18.6 Å². The third-order valence-corrected chi connectivity index (χ3v) is 5.65. The molecule has 3 rings (SSSR count). The van der Waals surface area contributed by atoms with E-state index in [1.54, 1.807) is 0 Å². The summed E-state index contributed by atoms with van der Waals surface area (Å²) in [5.41, 5.74) is 6.57. The molecule has 5 nitrogen and oxygen atoms in total. The van der Waals surface area contributed by atoms with Crippen LogP contribution in [0.15, 0.2) is 24.3 Å². The number of hydrogen-bond donors (Lipinski definition) is 1. The first-order valence-corrected chi connectivity index (χ1v) is 10.3. The number of piperidine rings is 2. The molecular weight excluding hydrogens is 381 g/mol. The van der Waals surface area contributed by atoms with Crippen molar-refractivity contribution in [1.29, 1.82) is 0 Å². The summed E-state index contributed by atoms with van der Waals surface area (Å²) in [6, 6.07) is 6.56. The van der Waals surface area contributed by atoms with Crippen LogP contribution in [0.3, 0.4) is 0 Å². The molecule has 0 aliphatic carbocycles. The van der Waals surface area contributed by atoms with Gasteiger partial charge in [-0.25, -0.2) is 4.39 Å². The lowest BCUT2D eigenvalue weighted by Crippen LogP contribution is -2.52. The summed E-state index contributed by atoms with van der Waals surface area (Å²) in [5, 5.41) is 0. The van der Waals surface area contributed by atoms with E-state index in [4.69, 9.17) is 10.5 Å². The van der Waals surface area contributed by atoms with Crippen molar-refractivity contribution in [2.75, 3.05) is 32.8 Å². The van der Waals surface area contributed by atoms with Gasteiger partial charge in [-0.2, -0.15) is 0 Å². The topological polar surface area (TPSA) is 58.8 Å². The molecule has 1 unspecified atom stereocenters. The van der Waals surface area contributed by atoms with Crippen LogP contribution < -0.4 is 5.73 Å². The minimum atomic E-state index is -0.221. The smallest absolute Gasteiger partial charge is 0.239 e. The van der Waals surface area contributed by atoms with Gasteiger partial charge >= 0.3 is 0 Å². The van der Waals surface area contributed by atoms with E-state index in [0.717, 1.165) is 63.7 Å². The summed E-state index contributed by atoms with van der Waals surface area (Å²) in [6.07, 6.45) is 6.06. The number of likely N-dealkylation sites (tertiary alicyclic amines) is 2. The van der Waals surface area contributed by atoms with Crippen LogP contribution in [0.4, 0.5) is 4.39 Å². The monoisotopic (exact) mass is 413 g/mol. The van der Waals surface area contributed by atoms with Crippen molar-refractivity contribution < 1.29 is 13.9 Å². The van der Waals surface area contributed by atoms with Crippen molar-refractivity contribution in [1.82, 2.24) is 9.80 Å². The number of hydrogen-bond acceptors (Lipinski definition) is 4. The molecule has 2 saturated heterocycles. The maximum atomic E-state index is 13.2. The molecule has 158 valence electrons. The van der Waals surface area contributed by atoms with E-state index >= 15 is 0 Å². The van der Waals surface area contributed by atoms with Crippen LogP contribution in [0.25, 0.3) is 0 Å². The fraction of sp³-hybridized carbons (Fsp3) is 0.667. The van der Waals surface area contributed by atoms with E-state index in [-0.39, 0.29) is 36.3 Å². The first kappa shape index (κ1) is 23.1. The van der Waals surface area contributed by atoms with E-state index in [1.807, 2.05) is 17.0 Å². The zero-order valence-electron chi connectivity index (χ0n) is 16.5. The summed E-state index contributed by atoms with van der Waals surface area (Å²) in [5.74, 6) is 0.0267. The highest BCUT2D eigenvalue weighted by Crippen LogP contribution is 2.24. The van der Waals surface area contributed by atoms with Crippen LogP contribution in [0, 0.1) is 5.82 Å². The molecule has 1 atom stereocenters. The van der Waals surface area contributed by atoms with Gasteiger partial charge in [-0.15, -0.1) is 12.4 Å². The van der Waals surface area contributed by atoms with E-state index in [1.165, 1.54) is 12.1 Å². The number of halogens is 2. The lowest BCUT2D eigenvalue weighted by atomic mass is 9.98. The molecule has 0 spiro atoms.